The predicted octanol–water partition coefficient (Wildman–Crippen LogP) is 2.26. The third-order valence-electron chi connectivity index (χ3n) is 1.83. The second-order valence-corrected chi connectivity index (χ2v) is 5.73. The molecule has 7 heteroatoms. The van der Waals surface area contributed by atoms with E-state index in [0.29, 0.717) is 18.7 Å². The van der Waals surface area contributed by atoms with Gasteiger partial charge in [-0.05, 0) is 18.6 Å². The molecule has 0 fully saturated rings. The first-order chi connectivity index (χ1) is 7.38. The normalized spacial score (nSPS) is 11.7. The second-order valence-electron chi connectivity index (χ2n) is 3.21. The predicted molar refractivity (Wildman–Crippen MR) is 66.4 cm³/mol. The van der Waals surface area contributed by atoms with E-state index in [4.69, 9.17) is 28.9 Å². The van der Waals surface area contributed by atoms with Crippen LogP contribution in [0.15, 0.2) is 17.0 Å². The molecule has 0 saturated carbocycles. The Hall–Kier alpha value is -0.490. The Labute approximate surface area is 105 Å². The summed E-state index contributed by atoms with van der Waals surface area (Å²) in [6.07, 6.45) is 0.684. The van der Waals surface area contributed by atoms with Crippen LogP contribution in [0.25, 0.3) is 0 Å². The highest BCUT2D eigenvalue weighted by atomic mass is 35.5. The lowest BCUT2D eigenvalue weighted by molar-refractivity contribution is 0.581. The van der Waals surface area contributed by atoms with Crippen molar-refractivity contribution in [2.24, 2.45) is 0 Å². The van der Waals surface area contributed by atoms with E-state index in [0.717, 1.165) is 0 Å². The average molecular weight is 283 g/mol. The van der Waals surface area contributed by atoms with Crippen LogP contribution in [-0.4, -0.2) is 15.0 Å². The molecule has 90 valence electrons. The van der Waals surface area contributed by atoms with Crippen molar-refractivity contribution in [1.29, 1.82) is 0 Å². The zero-order chi connectivity index (χ0) is 12.3. The number of sulfonamides is 1. The van der Waals surface area contributed by atoms with E-state index in [2.05, 4.69) is 4.72 Å². The maximum Gasteiger partial charge on any atom is 0.243 e. The van der Waals surface area contributed by atoms with Gasteiger partial charge in [0, 0.05) is 12.2 Å². The lowest BCUT2D eigenvalue weighted by Crippen LogP contribution is -2.25. The first-order valence-corrected chi connectivity index (χ1v) is 6.86. The standard InChI is InChI=1S/C9H12Cl2N2O2S/c1-2-3-13-16(14,15)9-7(10)4-6(12)5-8(9)11/h4-5,13H,2-3,12H2,1H3. The fraction of sp³-hybridized carbons (Fsp3) is 0.333. The summed E-state index contributed by atoms with van der Waals surface area (Å²) in [5.74, 6) is 0. The Morgan fingerprint density at radius 3 is 2.25 bits per heavy atom. The molecule has 3 N–H and O–H groups in total. The topological polar surface area (TPSA) is 72.2 Å². The Balaban J connectivity index is 3.23. The van der Waals surface area contributed by atoms with Crippen LogP contribution in [0.2, 0.25) is 10.0 Å². The summed E-state index contributed by atoms with van der Waals surface area (Å²) in [5, 5.41) is 0.0437. The van der Waals surface area contributed by atoms with E-state index in [1.165, 1.54) is 12.1 Å². The molecule has 0 atom stereocenters. The number of nitrogens with one attached hydrogen (secondary N) is 1. The van der Waals surface area contributed by atoms with Gasteiger partial charge in [-0.2, -0.15) is 0 Å². The molecule has 0 heterocycles. The van der Waals surface area contributed by atoms with Gasteiger partial charge in [-0.15, -0.1) is 0 Å². The minimum Gasteiger partial charge on any atom is -0.399 e. The molecular formula is C9H12Cl2N2O2S. The number of hydrogen-bond donors (Lipinski definition) is 2. The zero-order valence-electron chi connectivity index (χ0n) is 8.63. The van der Waals surface area contributed by atoms with Gasteiger partial charge >= 0.3 is 0 Å². The average Bonchev–Trinajstić information content (AvgIpc) is 2.12. The van der Waals surface area contributed by atoms with Gasteiger partial charge in [0.05, 0.1) is 10.0 Å². The van der Waals surface area contributed by atoms with Crippen LogP contribution in [0.1, 0.15) is 13.3 Å². The largest absolute Gasteiger partial charge is 0.399 e. The summed E-state index contributed by atoms with van der Waals surface area (Å²) < 4.78 is 26.0. The molecule has 16 heavy (non-hydrogen) atoms. The van der Waals surface area contributed by atoms with Gasteiger partial charge in [-0.3, -0.25) is 0 Å². The Bertz CT molecular complexity index is 465. The van der Waals surface area contributed by atoms with Crippen molar-refractivity contribution in [3.8, 4) is 0 Å². The molecular weight excluding hydrogens is 271 g/mol. The summed E-state index contributed by atoms with van der Waals surface area (Å²) in [7, 11) is -3.67. The molecule has 0 amide bonds. The SMILES string of the molecule is CCCNS(=O)(=O)c1c(Cl)cc(N)cc1Cl. The van der Waals surface area contributed by atoms with Crippen LogP contribution in [0.5, 0.6) is 0 Å². The molecule has 0 radical (unpaired) electrons. The maximum atomic E-state index is 11.8. The molecule has 0 aliphatic heterocycles. The molecule has 0 unspecified atom stereocenters. The van der Waals surface area contributed by atoms with Crippen LogP contribution >= 0.6 is 23.2 Å². The first kappa shape index (κ1) is 13.6. The van der Waals surface area contributed by atoms with E-state index in [1.54, 1.807) is 0 Å². The van der Waals surface area contributed by atoms with E-state index < -0.39 is 10.0 Å². The molecule has 0 aromatic heterocycles. The minimum atomic E-state index is -3.67. The molecule has 0 aliphatic rings. The highest BCUT2D eigenvalue weighted by Gasteiger charge is 2.21. The molecule has 4 nitrogen and oxygen atoms in total. The van der Waals surface area contributed by atoms with Crippen LogP contribution in [0, 0.1) is 0 Å². The third-order valence-corrected chi connectivity index (χ3v) is 4.21. The fourth-order valence-electron chi connectivity index (χ4n) is 1.14. The number of benzene rings is 1. The third kappa shape index (κ3) is 3.01. The van der Waals surface area contributed by atoms with Gasteiger partial charge in [0.2, 0.25) is 10.0 Å². The van der Waals surface area contributed by atoms with Crippen molar-refractivity contribution in [2.75, 3.05) is 12.3 Å². The molecule has 0 aliphatic carbocycles. The van der Waals surface area contributed by atoms with Gasteiger partial charge in [-0.25, -0.2) is 13.1 Å². The molecule has 1 aromatic carbocycles. The van der Waals surface area contributed by atoms with Crippen molar-refractivity contribution in [1.82, 2.24) is 4.72 Å². The smallest absolute Gasteiger partial charge is 0.243 e. The molecule has 0 spiro atoms. The van der Waals surface area contributed by atoms with Crippen molar-refractivity contribution >= 4 is 38.9 Å². The minimum absolute atomic E-state index is 0.0219. The molecule has 0 saturated heterocycles. The van der Waals surface area contributed by atoms with Crippen LogP contribution < -0.4 is 10.5 Å². The first-order valence-electron chi connectivity index (χ1n) is 4.62. The van der Waals surface area contributed by atoms with Gasteiger partial charge in [0.1, 0.15) is 4.90 Å². The van der Waals surface area contributed by atoms with Gasteiger partial charge in [-0.1, -0.05) is 30.1 Å². The lowest BCUT2D eigenvalue weighted by Gasteiger charge is -2.10. The van der Waals surface area contributed by atoms with Gasteiger partial charge in [0.15, 0.2) is 0 Å². The Morgan fingerprint density at radius 2 is 1.81 bits per heavy atom. The number of hydrogen-bond acceptors (Lipinski definition) is 3. The number of halogens is 2. The quantitative estimate of drug-likeness (QED) is 0.832. The van der Waals surface area contributed by atoms with Gasteiger partial charge < -0.3 is 5.73 Å². The summed E-state index contributed by atoms with van der Waals surface area (Å²) >= 11 is 11.6. The van der Waals surface area contributed by atoms with E-state index >= 15 is 0 Å². The van der Waals surface area contributed by atoms with Crippen molar-refractivity contribution in [3.05, 3.63) is 22.2 Å². The van der Waals surface area contributed by atoms with E-state index in [-0.39, 0.29) is 14.9 Å². The van der Waals surface area contributed by atoms with Crippen LogP contribution in [0.4, 0.5) is 5.69 Å². The Kier molecular flexibility index (Phi) is 4.43. The van der Waals surface area contributed by atoms with E-state index in [9.17, 15) is 8.42 Å². The molecule has 1 rings (SSSR count). The monoisotopic (exact) mass is 282 g/mol. The summed E-state index contributed by atoms with van der Waals surface area (Å²) in [4.78, 5) is -0.126. The molecule has 0 bridgehead atoms. The van der Waals surface area contributed by atoms with Crippen LogP contribution in [-0.2, 0) is 10.0 Å². The summed E-state index contributed by atoms with van der Waals surface area (Å²) in [5.41, 5.74) is 5.81. The zero-order valence-corrected chi connectivity index (χ0v) is 11.0. The maximum absolute atomic E-state index is 11.8. The number of nitrogens with two attached hydrogens (primary N) is 1. The summed E-state index contributed by atoms with van der Waals surface area (Å²) in [6, 6.07) is 2.71. The number of nitrogen functional groups attached to an aromatic ring is 1. The highest BCUT2D eigenvalue weighted by Crippen LogP contribution is 2.31. The second kappa shape index (κ2) is 5.23. The number of anilines is 1. The Morgan fingerprint density at radius 1 is 1.31 bits per heavy atom. The van der Waals surface area contributed by atoms with Crippen LogP contribution in [0.3, 0.4) is 0 Å². The van der Waals surface area contributed by atoms with Crippen molar-refractivity contribution in [2.45, 2.75) is 18.2 Å². The van der Waals surface area contributed by atoms with Crippen molar-refractivity contribution < 1.29 is 8.42 Å². The highest BCUT2D eigenvalue weighted by molar-refractivity contribution is 7.89. The fourth-order valence-corrected chi connectivity index (χ4v) is 3.51. The van der Waals surface area contributed by atoms with Gasteiger partial charge in [0.25, 0.3) is 0 Å². The van der Waals surface area contributed by atoms with Crippen molar-refractivity contribution in [3.63, 3.8) is 0 Å². The lowest BCUT2D eigenvalue weighted by atomic mass is 10.3. The van der Waals surface area contributed by atoms with E-state index in [1.807, 2.05) is 6.92 Å². The molecule has 1 aromatic rings. The number of rotatable bonds is 4. The summed E-state index contributed by atoms with van der Waals surface area (Å²) in [6.45, 7) is 2.19.